The van der Waals surface area contributed by atoms with Crippen molar-refractivity contribution >= 4 is 11.9 Å². The predicted octanol–water partition coefficient (Wildman–Crippen LogP) is 0.400. The van der Waals surface area contributed by atoms with E-state index in [1.165, 1.54) is 0 Å². The quantitative estimate of drug-likeness (QED) is 0.512. The van der Waals surface area contributed by atoms with Gasteiger partial charge in [-0.3, -0.25) is 0 Å². The fourth-order valence-electron chi connectivity index (χ4n) is 0.676. The summed E-state index contributed by atoms with van der Waals surface area (Å²) >= 11 is 0. The maximum Gasteiger partial charge on any atom is 0.433 e. The van der Waals surface area contributed by atoms with E-state index < -0.39 is 23.8 Å². The first-order valence-corrected chi connectivity index (χ1v) is 3.39. The third-order valence-electron chi connectivity index (χ3n) is 1.16. The molecule has 0 unspecified atom stereocenters. The van der Waals surface area contributed by atoms with Gasteiger partial charge in [-0.05, 0) is 6.07 Å². The van der Waals surface area contributed by atoms with Crippen molar-refractivity contribution in [1.29, 1.82) is 0 Å². The van der Waals surface area contributed by atoms with Crippen LogP contribution in [0.15, 0.2) is 17.3 Å². The molecule has 0 bridgehead atoms. The SMILES string of the molecule is NC(N)=Nc1nccc(C(F)(F)F)n1. The number of halogens is 3. The van der Waals surface area contributed by atoms with Crippen molar-refractivity contribution < 1.29 is 13.2 Å². The molecule has 0 saturated heterocycles. The summed E-state index contributed by atoms with van der Waals surface area (Å²) in [6.45, 7) is 0. The van der Waals surface area contributed by atoms with Crippen LogP contribution in [-0.2, 0) is 6.18 Å². The molecule has 0 saturated carbocycles. The molecular formula is C6H6F3N5. The second-order valence-electron chi connectivity index (χ2n) is 2.28. The van der Waals surface area contributed by atoms with Crippen molar-refractivity contribution in [3.05, 3.63) is 18.0 Å². The van der Waals surface area contributed by atoms with Crippen LogP contribution >= 0.6 is 0 Å². The number of hydrogen-bond acceptors (Lipinski definition) is 3. The molecule has 1 aromatic heterocycles. The first-order valence-electron chi connectivity index (χ1n) is 3.39. The first-order chi connectivity index (χ1) is 6.39. The highest BCUT2D eigenvalue weighted by Crippen LogP contribution is 2.27. The van der Waals surface area contributed by atoms with Gasteiger partial charge in [-0.1, -0.05) is 0 Å². The average molecular weight is 205 g/mol. The highest BCUT2D eigenvalue weighted by atomic mass is 19.4. The van der Waals surface area contributed by atoms with E-state index in [0.29, 0.717) is 0 Å². The summed E-state index contributed by atoms with van der Waals surface area (Å²) in [5.74, 6) is -0.816. The highest BCUT2D eigenvalue weighted by molar-refractivity contribution is 5.77. The maximum absolute atomic E-state index is 12.1. The van der Waals surface area contributed by atoms with Gasteiger partial charge in [0.25, 0.3) is 5.95 Å². The van der Waals surface area contributed by atoms with Crippen molar-refractivity contribution in [3.8, 4) is 0 Å². The number of alkyl halides is 3. The molecule has 0 fully saturated rings. The molecule has 0 atom stereocenters. The lowest BCUT2D eigenvalue weighted by Gasteiger charge is -2.04. The molecule has 0 aliphatic rings. The van der Waals surface area contributed by atoms with Crippen molar-refractivity contribution in [3.63, 3.8) is 0 Å². The van der Waals surface area contributed by atoms with Gasteiger partial charge in [-0.15, -0.1) is 0 Å². The molecular weight excluding hydrogens is 199 g/mol. The molecule has 8 heteroatoms. The van der Waals surface area contributed by atoms with Crippen LogP contribution in [-0.4, -0.2) is 15.9 Å². The Morgan fingerprint density at radius 1 is 1.36 bits per heavy atom. The Kier molecular flexibility index (Phi) is 2.54. The van der Waals surface area contributed by atoms with Crippen LogP contribution in [0.5, 0.6) is 0 Å². The Balaban J connectivity index is 3.08. The summed E-state index contributed by atoms with van der Waals surface area (Å²) in [5, 5.41) is 0. The number of hydrogen-bond donors (Lipinski definition) is 2. The van der Waals surface area contributed by atoms with Crippen molar-refractivity contribution in [2.24, 2.45) is 16.5 Å². The third-order valence-corrected chi connectivity index (χ3v) is 1.16. The molecule has 0 aromatic carbocycles. The van der Waals surface area contributed by atoms with Gasteiger partial charge in [-0.25, -0.2) is 9.97 Å². The van der Waals surface area contributed by atoms with E-state index in [4.69, 9.17) is 11.5 Å². The number of aromatic nitrogens is 2. The molecule has 14 heavy (non-hydrogen) atoms. The molecule has 76 valence electrons. The van der Waals surface area contributed by atoms with Gasteiger partial charge in [0, 0.05) is 6.20 Å². The Morgan fingerprint density at radius 2 is 2.00 bits per heavy atom. The molecule has 0 aliphatic heterocycles. The van der Waals surface area contributed by atoms with Gasteiger partial charge in [0.05, 0.1) is 0 Å². The number of guanidine groups is 1. The molecule has 1 rings (SSSR count). The van der Waals surface area contributed by atoms with Gasteiger partial charge in [0.2, 0.25) is 0 Å². The second kappa shape index (κ2) is 3.48. The lowest BCUT2D eigenvalue weighted by molar-refractivity contribution is -0.141. The predicted molar refractivity (Wildman–Crippen MR) is 42.5 cm³/mol. The number of nitrogens with zero attached hydrogens (tertiary/aromatic N) is 3. The Bertz CT molecular complexity index is 355. The van der Waals surface area contributed by atoms with Crippen LogP contribution in [0.4, 0.5) is 19.1 Å². The smallest absolute Gasteiger partial charge is 0.370 e. The van der Waals surface area contributed by atoms with Crippen LogP contribution in [0.25, 0.3) is 0 Å². The number of aliphatic imine (C=N–C) groups is 1. The van der Waals surface area contributed by atoms with E-state index in [9.17, 15) is 13.2 Å². The summed E-state index contributed by atoms with van der Waals surface area (Å²) in [4.78, 5) is 9.82. The van der Waals surface area contributed by atoms with Crippen molar-refractivity contribution in [1.82, 2.24) is 9.97 Å². The van der Waals surface area contributed by atoms with E-state index in [1.54, 1.807) is 0 Å². The van der Waals surface area contributed by atoms with Crippen LogP contribution in [0.3, 0.4) is 0 Å². The molecule has 5 nitrogen and oxygen atoms in total. The Morgan fingerprint density at radius 3 is 2.50 bits per heavy atom. The molecule has 4 N–H and O–H groups in total. The van der Waals surface area contributed by atoms with E-state index >= 15 is 0 Å². The summed E-state index contributed by atoms with van der Waals surface area (Å²) in [6, 6.07) is 0.728. The standard InChI is InChI=1S/C6H6F3N5/c7-6(8,9)3-1-2-12-5(13-3)14-4(10)11/h1-2H,(H4,10,11,12,13,14). The van der Waals surface area contributed by atoms with Crippen LogP contribution in [0.2, 0.25) is 0 Å². The van der Waals surface area contributed by atoms with Gasteiger partial charge in [-0.2, -0.15) is 18.2 Å². The van der Waals surface area contributed by atoms with Gasteiger partial charge >= 0.3 is 6.18 Å². The fourth-order valence-corrected chi connectivity index (χ4v) is 0.676. The van der Waals surface area contributed by atoms with E-state index in [1.807, 2.05) is 0 Å². The molecule has 0 radical (unpaired) electrons. The second-order valence-corrected chi connectivity index (χ2v) is 2.28. The first kappa shape index (κ1) is 10.2. The number of nitrogens with two attached hydrogens (primary N) is 2. The average Bonchev–Trinajstić information content (AvgIpc) is 2.01. The molecule has 1 heterocycles. The lowest BCUT2D eigenvalue weighted by Crippen LogP contribution is -2.22. The zero-order valence-electron chi connectivity index (χ0n) is 6.78. The zero-order chi connectivity index (χ0) is 10.8. The molecule has 0 spiro atoms. The molecule has 0 aliphatic carbocycles. The minimum atomic E-state index is -4.53. The summed E-state index contributed by atoms with van der Waals surface area (Å²) in [6.07, 6.45) is -3.60. The van der Waals surface area contributed by atoms with Crippen molar-refractivity contribution in [2.75, 3.05) is 0 Å². The minimum Gasteiger partial charge on any atom is -0.370 e. The fraction of sp³-hybridized carbons (Fsp3) is 0.167. The Labute approximate surface area is 76.7 Å². The van der Waals surface area contributed by atoms with Crippen LogP contribution < -0.4 is 11.5 Å². The monoisotopic (exact) mass is 205 g/mol. The normalized spacial score (nSPS) is 11.1. The number of rotatable bonds is 1. The van der Waals surface area contributed by atoms with Crippen LogP contribution in [0.1, 0.15) is 5.69 Å². The summed E-state index contributed by atoms with van der Waals surface area (Å²) in [7, 11) is 0. The molecule has 0 amide bonds. The minimum absolute atomic E-state index is 0.399. The maximum atomic E-state index is 12.1. The van der Waals surface area contributed by atoms with Gasteiger partial charge < -0.3 is 11.5 Å². The highest BCUT2D eigenvalue weighted by Gasteiger charge is 2.32. The lowest BCUT2D eigenvalue weighted by atomic mass is 10.4. The van der Waals surface area contributed by atoms with E-state index in [0.717, 1.165) is 12.3 Å². The summed E-state index contributed by atoms with van der Waals surface area (Å²) in [5.41, 5.74) is 8.81. The van der Waals surface area contributed by atoms with Gasteiger partial charge in [0.1, 0.15) is 5.69 Å². The van der Waals surface area contributed by atoms with Crippen molar-refractivity contribution in [2.45, 2.75) is 6.18 Å². The largest absolute Gasteiger partial charge is 0.433 e. The summed E-state index contributed by atoms with van der Waals surface area (Å²) < 4.78 is 36.3. The zero-order valence-corrected chi connectivity index (χ0v) is 6.78. The topological polar surface area (TPSA) is 90.2 Å². The van der Waals surface area contributed by atoms with Gasteiger partial charge in [0.15, 0.2) is 5.96 Å². The van der Waals surface area contributed by atoms with E-state index in [-0.39, 0.29) is 0 Å². The van der Waals surface area contributed by atoms with E-state index in [2.05, 4.69) is 15.0 Å². The molecule has 1 aromatic rings. The Hall–Kier alpha value is -1.86. The third kappa shape index (κ3) is 2.57. The van der Waals surface area contributed by atoms with Crippen LogP contribution in [0, 0.1) is 0 Å².